The van der Waals surface area contributed by atoms with Crippen LogP contribution in [0.1, 0.15) is 52.4 Å². The zero-order valence-electron chi connectivity index (χ0n) is 12.2. The van der Waals surface area contributed by atoms with E-state index >= 15 is 0 Å². The second-order valence-electron chi connectivity index (χ2n) is 5.19. The lowest BCUT2D eigenvalue weighted by Gasteiger charge is -2.18. The third-order valence-electron chi connectivity index (χ3n) is 3.04. The van der Waals surface area contributed by atoms with Crippen LogP contribution in [0.5, 0.6) is 0 Å². The van der Waals surface area contributed by atoms with E-state index in [1.165, 1.54) is 44.6 Å². The summed E-state index contributed by atoms with van der Waals surface area (Å²) >= 11 is 0. The first kappa shape index (κ1) is 16.5. The van der Waals surface area contributed by atoms with Crippen LogP contribution in [0.4, 0.5) is 0 Å². The van der Waals surface area contributed by atoms with Crippen molar-refractivity contribution >= 4 is 8.32 Å². The monoisotopic (exact) mass is 254 g/mol. The summed E-state index contributed by atoms with van der Waals surface area (Å²) in [5, 5.41) is 0. The van der Waals surface area contributed by atoms with Crippen LogP contribution < -0.4 is 0 Å². The van der Waals surface area contributed by atoms with Crippen molar-refractivity contribution in [3.8, 4) is 0 Å². The molecule has 100 valence electrons. The highest BCUT2D eigenvalue weighted by Crippen LogP contribution is 2.10. The van der Waals surface area contributed by atoms with Gasteiger partial charge in [0.2, 0.25) is 8.32 Å². The molecular formula is C15H30OSi. The van der Waals surface area contributed by atoms with Gasteiger partial charge in [0, 0.05) is 0 Å². The molecule has 0 heterocycles. The van der Waals surface area contributed by atoms with E-state index in [1.807, 2.05) is 12.3 Å². The zero-order chi connectivity index (χ0) is 13.0. The second-order valence-corrected chi connectivity index (χ2v) is 9.65. The summed E-state index contributed by atoms with van der Waals surface area (Å²) in [7, 11) is -1.39. The number of rotatable bonds is 10. The first-order chi connectivity index (χ1) is 8.12. The number of hydrogen-bond acceptors (Lipinski definition) is 1. The van der Waals surface area contributed by atoms with E-state index in [9.17, 15) is 0 Å². The van der Waals surface area contributed by atoms with Gasteiger partial charge in [-0.15, -0.1) is 0 Å². The van der Waals surface area contributed by atoms with Crippen LogP contribution in [0.25, 0.3) is 0 Å². The van der Waals surface area contributed by atoms with Crippen LogP contribution in [-0.2, 0) is 4.43 Å². The van der Waals surface area contributed by atoms with Gasteiger partial charge in [0.05, 0.1) is 6.26 Å². The topological polar surface area (TPSA) is 9.23 Å². The molecule has 1 nitrogen and oxygen atoms in total. The predicted octanol–water partition coefficient (Wildman–Crippen LogP) is 5.66. The summed E-state index contributed by atoms with van der Waals surface area (Å²) in [6, 6.07) is 1.17. The lowest BCUT2D eigenvalue weighted by atomic mass is 10.1. The van der Waals surface area contributed by atoms with Crippen molar-refractivity contribution in [2.75, 3.05) is 0 Å². The van der Waals surface area contributed by atoms with E-state index in [2.05, 4.69) is 39.1 Å². The molecule has 0 aliphatic rings. The molecule has 0 aromatic heterocycles. The molecule has 0 atom stereocenters. The fourth-order valence-electron chi connectivity index (χ4n) is 1.39. The van der Waals surface area contributed by atoms with E-state index in [4.69, 9.17) is 4.43 Å². The smallest absolute Gasteiger partial charge is 0.244 e. The zero-order valence-corrected chi connectivity index (χ0v) is 13.2. The summed E-state index contributed by atoms with van der Waals surface area (Å²) in [4.78, 5) is 0. The first-order valence-electron chi connectivity index (χ1n) is 7.12. The van der Waals surface area contributed by atoms with Crippen molar-refractivity contribution in [2.24, 2.45) is 0 Å². The second kappa shape index (κ2) is 10.6. The Morgan fingerprint density at radius 1 is 0.941 bits per heavy atom. The molecule has 0 aromatic rings. The minimum absolute atomic E-state index is 1.17. The maximum absolute atomic E-state index is 5.75. The van der Waals surface area contributed by atoms with E-state index in [0.29, 0.717) is 0 Å². The quantitative estimate of drug-likeness (QED) is 0.211. The number of hydrogen-bond donors (Lipinski definition) is 0. The van der Waals surface area contributed by atoms with Crippen molar-refractivity contribution in [2.45, 2.75) is 71.5 Å². The summed E-state index contributed by atoms with van der Waals surface area (Å²) in [5.41, 5.74) is 0. The molecule has 0 spiro atoms. The molecule has 0 aliphatic carbocycles. The van der Waals surface area contributed by atoms with Crippen molar-refractivity contribution in [1.29, 1.82) is 0 Å². The Kier molecular flexibility index (Phi) is 10.3. The Morgan fingerprint density at radius 3 is 2.29 bits per heavy atom. The Balaban J connectivity index is 3.44. The summed E-state index contributed by atoms with van der Waals surface area (Å²) < 4.78 is 5.75. The molecule has 0 radical (unpaired) electrons. The summed E-state index contributed by atoms with van der Waals surface area (Å²) in [5.74, 6) is 0. The minimum Gasteiger partial charge on any atom is -0.549 e. The highest BCUT2D eigenvalue weighted by molar-refractivity contribution is 6.71. The molecule has 0 rings (SSSR count). The molecule has 17 heavy (non-hydrogen) atoms. The number of allylic oxidation sites excluding steroid dienone is 3. The van der Waals surface area contributed by atoms with Crippen LogP contribution in [0.3, 0.4) is 0 Å². The molecule has 0 amide bonds. The molecule has 0 saturated heterocycles. The predicted molar refractivity (Wildman–Crippen MR) is 80.7 cm³/mol. The Labute approximate surface area is 109 Å². The third-order valence-corrected chi connectivity index (χ3v) is 5.52. The largest absolute Gasteiger partial charge is 0.549 e. The highest BCUT2D eigenvalue weighted by Gasteiger charge is 2.18. The summed E-state index contributed by atoms with van der Waals surface area (Å²) in [6.45, 7) is 8.95. The Morgan fingerprint density at radius 2 is 1.65 bits per heavy atom. The molecular weight excluding hydrogens is 224 g/mol. The fraction of sp³-hybridized carbons (Fsp3) is 0.733. The van der Waals surface area contributed by atoms with Gasteiger partial charge in [-0.25, -0.2) is 0 Å². The van der Waals surface area contributed by atoms with Crippen LogP contribution in [0.2, 0.25) is 19.1 Å². The average molecular weight is 254 g/mol. The Bertz CT molecular complexity index is 219. The van der Waals surface area contributed by atoms with Gasteiger partial charge in [0.15, 0.2) is 0 Å². The molecule has 0 bridgehead atoms. The van der Waals surface area contributed by atoms with Crippen LogP contribution in [-0.4, -0.2) is 8.32 Å². The molecule has 0 saturated carbocycles. The summed E-state index contributed by atoms with van der Waals surface area (Å²) in [6.07, 6.45) is 16.2. The van der Waals surface area contributed by atoms with Crippen LogP contribution >= 0.6 is 0 Å². The third kappa shape index (κ3) is 11.8. The Hall–Kier alpha value is -0.503. The van der Waals surface area contributed by atoms with Gasteiger partial charge in [0.25, 0.3) is 0 Å². The van der Waals surface area contributed by atoms with E-state index in [0.717, 1.165) is 0 Å². The maximum Gasteiger partial charge on any atom is 0.244 e. The van der Waals surface area contributed by atoms with Crippen LogP contribution in [0.15, 0.2) is 24.5 Å². The SMILES string of the molecule is CCCCCCCC=CC=CO[Si](C)(C)CC. The van der Waals surface area contributed by atoms with Gasteiger partial charge >= 0.3 is 0 Å². The molecule has 0 unspecified atom stereocenters. The van der Waals surface area contributed by atoms with Gasteiger partial charge in [0.1, 0.15) is 0 Å². The first-order valence-corrected chi connectivity index (χ1v) is 10.2. The average Bonchev–Trinajstić information content (AvgIpc) is 2.31. The van der Waals surface area contributed by atoms with Crippen molar-refractivity contribution in [1.82, 2.24) is 0 Å². The standard InChI is InChI=1S/C15H30OSi/c1-5-7-8-9-10-11-12-13-14-15-16-17(3,4)6-2/h12-15H,5-11H2,1-4H3. The highest BCUT2D eigenvalue weighted by atomic mass is 28.4. The molecule has 0 aromatic carbocycles. The van der Waals surface area contributed by atoms with E-state index in [-0.39, 0.29) is 0 Å². The minimum atomic E-state index is -1.39. The molecule has 0 N–H and O–H groups in total. The van der Waals surface area contributed by atoms with Gasteiger partial charge in [-0.2, -0.15) is 0 Å². The van der Waals surface area contributed by atoms with Crippen molar-refractivity contribution < 1.29 is 4.43 Å². The van der Waals surface area contributed by atoms with Gasteiger partial charge in [-0.1, -0.05) is 51.7 Å². The van der Waals surface area contributed by atoms with Crippen LogP contribution in [0, 0.1) is 0 Å². The van der Waals surface area contributed by atoms with Gasteiger partial charge in [-0.05, 0) is 38.1 Å². The number of unbranched alkanes of at least 4 members (excludes halogenated alkanes) is 5. The lowest BCUT2D eigenvalue weighted by molar-refractivity contribution is 0.472. The fourth-order valence-corrected chi connectivity index (χ4v) is 2.01. The molecule has 0 aliphatic heterocycles. The van der Waals surface area contributed by atoms with Gasteiger partial charge in [-0.3, -0.25) is 0 Å². The maximum atomic E-state index is 5.75. The van der Waals surface area contributed by atoms with Crippen molar-refractivity contribution in [3.05, 3.63) is 24.5 Å². The normalized spacial score (nSPS) is 12.7. The van der Waals surface area contributed by atoms with Gasteiger partial charge < -0.3 is 4.43 Å². The van der Waals surface area contributed by atoms with Crippen molar-refractivity contribution in [3.63, 3.8) is 0 Å². The lowest BCUT2D eigenvalue weighted by Crippen LogP contribution is -2.26. The van der Waals surface area contributed by atoms with E-state index in [1.54, 1.807) is 0 Å². The molecule has 2 heteroatoms. The molecule has 0 fully saturated rings. The van der Waals surface area contributed by atoms with E-state index < -0.39 is 8.32 Å².